The zero-order chi connectivity index (χ0) is 64.1. The molecule has 0 amide bonds. The van der Waals surface area contributed by atoms with Crippen molar-refractivity contribution in [3.63, 3.8) is 0 Å². The molecule has 0 bridgehead atoms. The van der Waals surface area contributed by atoms with E-state index >= 15 is 0 Å². The van der Waals surface area contributed by atoms with Crippen molar-refractivity contribution in [1.29, 1.82) is 0 Å². The molecule has 2 atom stereocenters. The summed E-state index contributed by atoms with van der Waals surface area (Å²) in [6.45, 7) is 4.15. The molecule has 0 fully saturated rings. The predicted molar refractivity (Wildman–Crippen MR) is 378 cm³/mol. The van der Waals surface area contributed by atoms with Crippen molar-refractivity contribution in [3.05, 3.63) is 109 Å². The number of esters is 2. The predicted octanol–water partition coefficient (Wildman–Crippen LogP) is 23.4. The third-order valence-electron chi connectivity index (χ3n) is 15.8. The second kappa shape index (κ2) is 68.0. The maximum atomic E-state index is 12.9. The van der Waals surface area contributed by atoms with Gasteiger partial charge in [-0.05, 0) is 83.5 Å². The highest BCUT2D eigenvalue weighted by molar-refractivity contribution is 7.45. The summed E-state index contributed by atoms with van der Waals surface area (Å²) in [5.41, 5.74) is 0. The Kier molecular flexibility index (Phi) is 65.5. The molecular formula is C78H138NO8P. The summed E-state index contributed by atoms with van der Waals surface area (Å²) in [5.74, 6) is -0.839. The molecule has 0 aliphatic rings. The Bertz CT molecular complexity index is 1850. The molecule has 508 valence electrons. The number of phosphoric ester groups is 1. The molecule has 0 aliphatic carbocycles. The van der Waals surface area contributed by atoms with E-state index in [-0.39, 0.29) is 32.0 Å². The van der Waals surface area contributed by atoms with Crippen LogP contribution < -0.4 is 4.89 Å². The van der Waals surface area contributed by atoms with Crippen molar-refractivity contribution in [2.75, 3.05) is 47.5 Å². The number of nitrogens with zero attached hydrogens (tertiary/aromatic N) is 1. The Hall–Kier alpha value is -3.33. The lowest BCUT2D eigenvalue weighted by atomic mass is 10.0. The summed E-state index contributed by atoms with van der Waals surface area (Å²) in [4.78, 5) is 38.1. The van der Waals surface area contributed by atoms with Crippen molar-refractivity contribution in [1.82, 2.24) is 0 Å². The SMILES string of the molecule is CC/C=C\C/C=C\C/C=C\C/C=C\C/C=C\C/C=C\C/C=C\C/C=C\C/C=C\CCCCCCCCCC(=O)OC(COC(=O)CCCCCCCCCCCCCCCCCCCCCCCCCCCCCCC)COP(=O)([O-])OCC[N+](C)(C)C. The van der Waals surface area contributed by atoms with Gasteiger partial charge in [-0.2, -0.15) is 0 Å². The second-order valence-corrected chi connectivity index (χ2v) is 27.0. The van der Waals surface area contributed by atoms with Gasteiger partial charge in [0.1, 0.15) is 19.8 Å². The number of carbonyl (C=O) groups excluding carboxylic acids is 2. The van der Waals surface area contributed by atoms with E-state index in [1.165, 1.54) is 186 Å². The normalized spacial score (nSPS) is 13.8. The smallest absolute Gasteiger partial charge is 0.306 e. The van der Waals surface area contributed by atoms with Crippen LogP contribution in [0.3, 0.4) is 0 Å². The summed E-state index contributed by atoms with van der Waals surface area (Å²) in [6, 6.07) is 0. The van der Waals surface area contributed by atoms with Gasteiger partial charge in [0.15, 0.2) is 6.10 Å². The number of hydrogen-bond donors (Lipinski definition) is 0. The molecule has 0 radical (unpaired) electrons. The fourth-order valence-corrected chi connectivity index (χ4v) is 11.0. The van der Waals surface area contributed by atoms with Crippen molar-refractivity contribution < 1.29 is 42.1 Å². The van der Waals surface area contributed by atoms with Gasteiger partial charge in [-0.15, -0.1) is 0 Å². The van der Waals surface area contributed by atoms with E-state index in [0.29, 0.717) is 17.4 Å². The second-order valence-electron chi connectivity index (χ2n) is 25.6. The van der Waals surface area contributed by atoms with Crippen LogP contribution in [0.2, 0.25) is 0 Å². The number of carbonyl (C=O) groups is 2. The van der Waals surface area contributed by atoms with E-state index in [2.05, 4.69) is 123 Å². The first-order valence-corrected chi connectivity index (χ1v) is 38.1. The van der Waals surface area contributed by atoms with Gasteiger partial charge >= 0.3 is 11.9 Å². The quantitative estimate of drug-likeness (QED) is 0.0195. The fourth-order valence-electron chi connectivity index (χ4n) is 10.2. The molecule has 0 N–H and O–H groups in total. The fraction of sp³-hybridized carbons (Fsp3) is 0.744. The minimum Gasteiger partial charge on any atom is -0.756 e. The lowest BCUT2D eigenvalue weighted by molar-refractivity contribution is -0.870. The van der Waals surface area contributed by atoms with Crippen molar-refractivity contribution in [2.45, 2.75) is 328 Å². The third-order valence-corrected chi connectivity index (χ3v) is 16.8. The number of phosphoric acid groups is 1. The van der Waals surface area contributed by atoms with Crippen molar-refractivity contribution in [3.8, 4) is 0 Å². The number of unbranched alkanes of at least 4 members (excludes halogenated alkanes) is 35. The molecule has 0 rings (SSSR count). The van der Waals surface area contributed by atoms with Gasteiger partial charge in [0.2, 0.25) is 0 Å². The number of allylic oxidation sites excluding steroid dienone is 18. The van der Waals surface area contributed by atoms with E-state index in [1.807, 2.05) is 21.1 Å². The van der Waals surface area contributed by atoms with E-state index in [9.17, 15) is 19.0 Å². The Labute approximate surface area is 544 Å². The van der Waals surface area contributed by atoms with Crippen LogP contribution in [-0.2, 0) is 32.7 Å². The minimum absolute atomic E-state index is 0.0366. The maximum absolute atomic E-state index is 12.9. The van der Waals surface area contributed by atoms with Crippen LogP contribution in [0, 0.1) is 0 Å². The standard InChI is InChI=1S/C78H138NO8P/c1-6-8-10-12-14-16-18-20-22-24-26-28-30-32-34-36-37-38-39-40-41-43-45-47-49-51-53-55-57-59-61-63-65-67-69-71-78(81)87-76(75-86-88(82,83)85-73-72-79(3,4)5)74-84-77(80)70-68-66-64-62-60-58-56-54-52-50-48-46-44-42-35-33-31-29-27-25-23-21-19-17-15-13-11-9-7-2/h8,10,14,16,20,22,26,28,32,34,37-38,40-41,45,47,51,53,76H,6-7,9,11-13,15,17-19,21,23-25,27,29-31,33,35-36,39,42-44,46,48-50,52,54-75H2,1-5H3/b10-8-,16-14-,22-20-,28-26-,34-32-,38-37-,41-40-,47-45-,53-51-. The van der Waals surface area contributed by atoms with Crippen molar-refractivity contribution in [2.24, 2.45) is 0 Å². The first-order valence-electron chi connectivity index (χ1n) is 36.6. The Morgan fingerprint density at radius 3 is 0.966 bits per heavy atom. The lowest BCUT2D eigenvalue weighted by Gasteiger charge is -2.28. The van der Waals surface area contributed by atoms with Crippen LogP contribution in [0.25, 0.3) is 0 Å². The molecule has 2 unspecified atom stereocenters. The monoisotopic (exact) mass is 1250 g/mol. The van der Waals surface area contributed by atoms with Crippen LogP contribution in [0.5, 0.6) is 0 Å². The highest BCUT2D eigenvalue weighted by Crippen LogP contribution is 2.38. The molecule has 9 nitrogen and oxygen atoms in total. The largest absolute Gasteiger partial charge is 0.756 e. The average molecular weight is 1250 g/mol. The summed E-state index contributed by atoms with van der Waals surface area (Å²) < 4.78 is 34.3. The van der Waals surface area contributed by atoms with Crippen molar-refractivity contribution >= 4 is 19.8 Å². The molecular weight excluding hydrogens is 1110 g/mol. The maximum Gasteiger partial charge on any atom is 0.306 e. The number of likely N-dealkylation sites (N-methyl/N-ethyl adjacent to an activating group) is 1. The molecule has 0 aromatic carbocycles. The molecule has 0 saturated carbocycles. The third kappa shape index (κ3) is 71.7. The van der Waals surface area contributed by atoms with Crippen LogP contribution >= 0.6 is 7.82 Å². The topological polar surface area (TPSA) is 111 Å². The molecule has 0 aliphatic heterocycles. The van der Waals surface area contributed by atoms with E-state index < -0.39 is 26.5 Å². The van der Waals surface area contributed by atoms with Gasteiger partial charge in [0.05, 0.1) is 27.7 Å². The molecule has 10 heteroatoms. The molecule has 0 aromatic rings. The molecule has 0 heterocycles. The average Bonchev–Trinajstić information content (AvgIpc) is 3.57. The van der Waals surface area contributed by atoms with E-state index in [0.717, 1.165) is 103 Å². The first kappa shape index (κ1) is 84.7. The Morgan fingerprint density at radius 1 is 0.364 bits per heavy atom. The summed E-state index contributed by atoms with van der Waals surface area (Å²) in [5, 5.41) is 0. The van der Waals surface area contributed by atoms with Gasteiger partial charge in [0, 0.05) is 12.8 Å². The van der Waals surface area contributed by atoms with E-state index in [1.54, 1.807) is 0 Å². The highest BCUT2D eigenvalue weighted by atomic mass is 31.2. The summed E-state index contributed by atoms with van der Waals surface area (Å²) in [6.07, 6.45) is 96.1. The van der Waals surface area contributed by atoms with E-state index in [4.69, 9.17) is 18.5 Å². The summed E-state index contributed by atoms with van der Waals surface area (Å²) in [7, 11) is 1.16. The number of rotatable bonds is 67. The van der Waals surface area contributed by atoms with Crippen LogP contribution in [0.4, 0.5) is 0 Å². The molecule has 0 saturated heterocycles. The summed E-state index contributed by atoms with van der Waals surface area (Å²) >= 11 is 0. The first-order chi connectivity index (χ1) is 43.0. The highest BCUT2D eigenvalue weighted by Gasteiger charge is 2.22. The van der Waals surface area contributed by atoms with Crippen LogP contribution in [-0.4, -0.2) is 70.0 Å². The Morgan fingerprint density at radius 2 is 0.648 bits per heavy atom. The number of hydrogen-bond acceptors (Lipinski definition) is 8. The lowest BCUT2D eigenvalue weighted by Crippen LogP contribution is -2.37. The number of quaternary nitrogens is 1. The zero-order valence-electron chi connectivity index (χ0n) is 57.9. The zero-order valence-corrected chi connectivity index (χ0v) is 58.8. The molecule has 0 spiro atoms. The molecule has 0 aromatic heterocycles. The van der Waals surface area contributed by atoms with Crippen LogP contribution in [0.15, 0.2) is 109 Å². The molecule has 88 heavy (non-hydrogen) atoms. The van der Waals surface area contributed by atoms with Crippen LogP contribution in [0.1, 0.15) is 322 Å². The number of ether oxygens (including phenoxy) is 2. The minimum atomic E-state index is -4.65. The Balaban J connectivity index is 4.08. The van der Waals surface area contributed by atoms with Gasteiger partial charge in [-0.3, -0.25) is 14.2 Å². The van der Waals surface area contributed by atoms with Gasteiger partial charge < -0.3 is 27.9 Å². The van der Waals surface area contributed by atoms with Gasteiger partial charge in [-0.25, -0.2) is 0 Å². The van der Waals surface area contributed by atoms with Gasteiger partial charge in [-0.1, -0.05) is 335 Å². The van der Waals surface area contributed by atoms with Gasteiger partial charge in [0.25, 0.3) is 7.82 Å².